The van der Waals surface area contributed by atoms with Crippen molar-refractivity contribution in [1.29, 1.82) is 5.26 Å². The van der Waals surface area contributed by atoms with Gasteiger partial charge in [-0.15, -0.1) is 0 Å². The first-order valence-corrected chi connectivity index (χ1v) is 8.07. The molecule has 108 valence electrons. The molecule has 0 fully saturated rings. The second kappa shape index (κ2) is 6.27. The van der Waals surface area contributed by atoms with Gasteiger partial charge in [-0.2, -0.15) is 5.26 Å². The number of rotatable bonds is 4. The summed E-state index contributed by atoms with van der Waals surface area (Å²) >= 11 is 5.81. The fourth-order valence-electron chi connectivity index (χ4n) is 1.91. The Morgan fingerprint density at radius 2 is 1.76 bits per heavy atom. The Morgan fingerprint density at radius 3 is 2.38 bits per heavy atom. The molecule has 1 atom stereocenters. The average Bonchev–Trinajstić information content (AvgIpc) is 2.47. The first kappa shape index (κ1) is 15.5. The summed E-state index contributed by atoms with van der Waals surface area (Å²) < 4.78 is 27.3. The molecule has 0 amide bonds. The number of hydrogen-bond acceptors (Lipinski definition) is 3. The molecule has 0 aliphatic carbocycles. The summed E-state index contributed by atoms with van der Waals surface area (Å²) in [5.41, 5.74) is 0.908. The fraction of sp³-hybridized carbons (Fsp3) is 0.133. The zero-order valence-corrected chi connectivity index (χ0v) is 12.8. The highest BCUT2D eigenvalue weighted by atomic mass is 35.5. The van der Waals surface area contributed by atoms with Crippen LogP contribution in [0.5, 0.6) is 0 Å². The van der Waals surface area contributed by atoms with Crippen molar-refractivity contribution in [1.82, 2.24) is 4.72 Å². The Bertz CT molecular complexity index is 780. The van der Waals surface area contributed by atoms with Crippen molar-refractivity contribution < 1.29 is 8.42 Å². The van der Waals surface area contributed by atoms with Crippen LogP contribution in [0.4, 0.5) is 0 Å². The van der Waals surface area contributed by atoms with E-state index in [1.165, 1.54) is 12.1 Å². The highest BCUT2D eigenvalue weighted by molar-refractivity contribution is 7.89. The standard InChI is InChI=1S/C15H13ClN2O2S/c1-11(12-6-8-14(16)9-7-12)18-21(19,20)15-5-3-2-4-13(15)10-17/h2-9,11,18H,1H3. The fourth-order valence-corrected chi connectivity index (χ4v) is 3.42. The van der Waals surface area contributed by atoms with Crippen LogP contribution in [-0.4, -0.2) is 8.42 Å². The molecule has 1 unspecified atom stereocenters. The maximum absolute atomic E-state index is 12.4. The van der Waals surface area contributed by atoms with Crippen molar-refractivity contribution in [2.24, 2.45) is 0 Å². The molecule has 0 saturated heterocycles. The first-order chi connectivity index (χ1) is 9.94. The van der Waals surface area contributed by atoms with Crippen LogP contribution in [0.25, 0.3) is 0 Å². The molecule has 0 radical (unpaired) electrons. The van der Waals surface area contributed by atoms with Crippen LogP contribution in [0.2, 0.25) is 5.02 Å². The molecule has 2 aromatic carbocycles. The highest BCUT2D eigenvalue weighted by Gasteiger charge is 2.21. The predicted octanol–water partition coefficient (Wildman–Crippen LogP) is 3.25. The molecule has 0 spiro atoms. The summed E-state index contributed by atoms with van der Waals surface area (Å²) in [6.45, 7) is 1.73. The van der Waals surface area contributed by atoms with Gasteiger partial charge in [0.25, 0.3) is 0 Å². The maximum atomic E-state index is 12.4. The van der Waals surface area contributed by atoms with E-state index in [-0.39, 0.29) is 10.5 Å². The lowest BCUT2D eigenvalue weighted by atomic mass is 10.1. The van der Waals surface area contributed by atoms with Gasteiger partial charge in [0, 0.05) is 11.1 Å². The number of sulfonamides is 1. The number of nitrogens with zero attached hydrogens (tertiary/aromatic N) is 1. The minimum Gasteiger partial charge on any atom is -0.207 e. The van der Waals surface area contributed by atoms with Crippen molar-refractivity contribution >= 4 is 21.6 Å². The minimum atomic E-state index is -3.77. The van der Waals surface area contributed by atoms with Gasteiger partial charge in [0.15, 0.2) is 0 Å². The Morgan fingerprint density at radius 1 is 1.14 bits per heavy atom. The lowest BCUT2D eigenvalue weighted by Crippen LogP contribution is -2.27. The number of hydrogen-bond donors (Lipinski definition) is 1. The lowest BCUT2D eigenvalue weighted by molar-refractivity contribution is 0.566. The average molecular weight is 321 g/mol. The molecule has 0 saturated carbocycles. The van der Waals surface area contributed by atoms with E-state index < -0.39 is 16.1 Å². The molecular formula is C15H13ClN2O2S. The van der Waals surface area contributed by atoms with Crippen LogP contribution in [0.3, 0.4) is 0 Å². The normalized spacial score (nSPS) is 12.6. The van der Waals surface area contributed by atoms with Crippen molar-refractivity contribution in [3.8, 4) is 6.07 Å². The molecule has 2 rings (SSSR count). The van der Waals surface area contributed by atoms with Crippen LogP contribution in [0.1, 0.15) is 24.1 Å². The molecule has 6 heteroatoms. The van der Waals surface area contributed by atoms with Gasteiger partial charge >= 0.3 is 0 Å². The van der Waals surface area contributed by atoms with Gasteiger partial charge in [-0.1, -0.05) is 35.9 Å². The molecule has 0 heterocycles. The van der Waals surface area contributed by atoms with Gasteiger partial charge in [-0.25, -0.2) is 13.1 Å². The maximum Gasteiger partial charge on any atom is 0.242 e. The summed E-state index contributed by atoms with van der Waals surface area (Å²) in [4.78, 5) is -0.0201. The molecule has 21 heavy (non-hydrogen) atoms. The molecular weight excluding hydrogens is 308 g/mol. The first-order valence-electron chi connectivity index (χ1n) is 6.21. The van der Waals surface area contributed by atoms with Gasteiger partial charge in [-0.05, 0) is 36.8 Å². The van der Waals surface area contributed by atoms with Crippen LogP contribution in [-0.2, 0) is 10.0 Å². The summed E-state index contributed by atoms with van der Waals surface area (Å²) in [5.74, 6) is 0. The Hall–Kier alpha value is -1.87. The summed E-state index contributed by atoms with van der Waals surface area (Å²) in [6, 6.07) is 14.5. The zero-order chi connectivity index (χ0) is 15.5. The number of nitriles is 1. The van der Waals surface area contributed by atoms with Gasteiger partial charge in [0.2, 0.25) is 10.0 Å². The van der Waals surface area contributed by atoms with E-state index in [1.807, 2.05) is 6.07 Å². The monoisotopic (exact) mass is 320 g/mol. The van der Waals surface area contributed by atoms with E-state index in [0.29, 0.717) is 5.02 Å². The third kappa shape index (κ3) is 3.61. The van der Waals surface area contributed by atoms with Crippen molar-refractivity contribution in [2.45, 2.75) is 17.9 Å². The van der Waals surface area contributed by atoms with Crippen LogP contribution < -0.4 is 4.72 Å². The number of nitrogens with one attached hydrogen (secondary N) is 1. The Balaban J connectivity index is 2.29. The van der Waals surface area contributed by atoms with E-state index >= 15 is 0 Å². The molecule has 2 aromatic rings. The zero-order valence-electron chi connectivity index (χ0n) is 11.2. The van der Waals surface area contributed by atoms with Crippen molar-refractivity contribution in [2.75, 3.05) is 0 Å². The Labute approximate surface area is 129 Å². The number of halogens is 1. The topological polar surface area (TPSA) is 70.0 Å². The van der Waals surface area contributed by atoms with Crippen LogP contribution in [0.15, 0.2) is 53.4 Å². The molecule has 0 aliphatic rings. The van der Waals surface area contributed by atoms with Gasteiger partial charge in [-0.3, -0.25) is 0 Å². The SMILES string of the molecule is CC(NS(=O)(=O)c1ccccc1C#N)c1ccc(Cl)cc1. The van der Waals surface area contributed by atoms with Crippen molar-refractivity contribution in [3.63, 3.8) is 0 Å². The molecule has 4 nitrogen and oxygen atoms in total. The quantitative estimate of drug-likeness (QED) is 0.940. The van der Waals surface area contributed by atoms with E-state index in [4.69, 9.17) is 16.9 Å². The Kier molecular flexibility index (Phi) is 4.63. The second-order valence-electron chi connectivity index (χ2n) is 4.50. The largest absolute Gasteiger partial charge is 0.242 e. The summed E-state index contributed by atoms with van der Waals surface area (Å²) in [5, 5.41) is 9.59. The third-order valence-corrected chi connectivity index (χ3v) is 4.85. The van der Waals surface area contributed by atoms with E-state index in [0.717, 1.165) is 5.56 Å². The highest BCUT2D eigenvalue weighted by Crippen LogP contribution is 2.20. The molecule has 0 aliphatic heterocycles. The van der Waals surface area contributed by atoms with Crippen molar-refractivity contribution in [3.05, 3.63) is 64.7 Å². The predicted molar refractivity (Wildman–Crippen MR) is 81.3 cm³/mol. The van der Waals surface area contributed by atoms with E-state index in [2.05, 4.69) is 4.72 Å². The van der Waals surface area contributed by atoms with Gasteiger partial charge in [0.1, 0.15) is 6.07 Å². The minimum absolute atomic E-state index is 0.0201. The third-order valence-electron chi connectivity index (χ3n) is 3.00. The van der Waals surface area contributed by atoms with E-state index in [1.54, 1.807) is 43.3 Å². The van der Waals surface area contributed by atoms with E-state index in [9.17, 15) is 8.42 Å². The van der Waals surface area contributed by atoms with Gasteiger partial charge < -0.3 is 0 Å². The summed E-state index contributed by atoms with van der Waals surface area (Å²) in [6.07, 6.45) is 0. The summed E-state index contributed by atoms with van der Waals surface area (Å²) in [7, 11) is -3.77. The van der Waals surface area contributed by atoms with Gasteiger partial charge in [0.05, 0.1) is 10.5 Å². The lowest BCUT2D eigenvalue weighted by Gasteiger charge is -2.15. The molecule has 1 N–H and O–H groups in total. The molecule has 0 aromatic heterocycles. The second-order valence-corrected chi connectivity index (χ2v) is 6.62. The smallest absolute Gasteiger partial charge is 0.207 e. The van der Waals surface area contributed by atoms with Crippen LogP contribution >= 0.6 is 11.6 Å². The van der Waals surface area contributed by atoms with Crippen LogP contribution in [0, 0.1) is 11.3 Å². The number of benzene rings is 2. The molecule has 0 bridgehead atoms.